The maximum Gasteiger partial charge on any atom is 0.230 e. The number of rotatable bonds is 6. The summed E-state index contributed by atoms with van der Waals surface area (Å²) < 4.78 is 5.87. The number of amides is 1. The number of carbonyl (C=O) groups is 1. The average Bonchev–Trinajstić information content (AvgIpc) is 3.10. The molecule has 1 saturated heterocycles. The lowest BCUT2D eigenvalue weighted by Gasteiger charge is -2.45. The summed E-state index contributed by atoms with van der Waals surface area (Å²) in [6.07, 6.45) is 4.63. The molecule has 7 heteroatoms. The SMILES string of the molecule is CN=C(NCC1(C(=O)N(C)C)CCCC1)NCC(C)(C)N1CC(C)OC(C)C1. The summed E-state index contributed by atoms with van der Waals surface area (Å²) in [6, 6.07) is 0. The number of aliphatic imine (C=N–C) groups is 1. The minimum absolute atomic E-state index is 0.0194. The highest BCUT2D eigenvalue weighted by atomic mass is 16.5. The van der Waals surface area contributed by atoms with E-state index in [1.807, 2.05) is 14.1 Å². The maximum absolute atomic E-state index is 12.8. The van der Waals surface area contributed by atoms with Crippen LogP contribution in [0.1, 0.15) is 53.4 Å². The Morgan fingerprint density at radius 1 is 1.18 bits per heavy atom. The fourth-order valence-electron chi connectivity index (χ4n) is 4.55. The topological polar surface area (TPSA) is 69.2 Å². The van der Waals surface area contributed by atoms with E-state index in [2.05, 4.69) is 48.2 Å². The fourth-order valence-corrected chi connectivity index (χ4v) is 4.55. The molecule has 2 atom stereocenters. The van der Waals surface area contributed by atoms with Gasteiger partial charge in [-0.1, -0.05) is 12.8 Å². The first-order chi connectivity index (χ1) is 13.1. The molecule has 1 heterocycles. The van der Waals surface area contributed by atoms with Crippen LogP contribution in [0, 0.1) is 5.41 Å². The van der Waals surface area contributed by atoms with Crippen LogP contribution in [0.15, 0.2) is 4.99 Å². The van der Waals surface area contributed by atoms with Crippen LogP contribution in [0.3, 0.4) is 0 Å². The van der Waals surface area contributed by atoms with E-state index in [1.165, 1.54) is 0 Å². The van der Waals surface area contributed by atoms with Crippen LogP contribution in [0.2, 0.25) is 0 Å². The number of hydrogen-bond acceptors (Lipinski definition) is 4. The van der Waals surface area contributed by atoms with Gasteiger partial charge in [-0.05, 0) is 40.5 Å². The maximum atomic E-state index is 12.8. The largest absolute Gasteiger partial charge is 0.373 e. The third-order valence-corrected chi connectivity index (χ3v) is 6.20. The number of ether oxygens (including phenoxy) is 1. The lowest BCUT2D eigenvalue weighted by atomic mass is 9.84. The molecule has 2 N–H and O–H groups in total. The zero-order chi connectivity index (χ0) is 20.9. The van der Waals surface area contributed by atoms with Crippen LogP contribution in [-0.2, 0) is 9.53 Å². The van der Waals surface area contributed by atoms with Crippen molar-refractivity contribution in [2.45, 2.75) is 71.1 Å². The lowest BCUT2D eigenvalue weighted by Crippen LogP contribution is -2.59. The summed E-state index contributed by atoms with van der Waals surface area (Å²) >= 11 is 0. The van der Waals surface area contributed by atoms with Crippen LogP contribution < -0.4 is 10.6 Å². The van der Waals surface area contributed by atoms with Gasteiger partial charge in [-0.3, -0.25) is 14.7 Å². The molecule has 0 aromatic carbocycles. The molecule has 2 fully saturated rings. The van der Waals surface area contributed by atoms with Crippen LogP contribution in [0.5, 0.6) is 0 Å². The molecule has 0 aromatic heterocycles. The molecule has 1 aliphatic carbocycles. The molecule has 1 aliphatic heterocycles. The van der Waals surface area contributed by atoms with Gasteiger partial charge < -0.3 is 20.3 Å². The van der Waals surface area contributed by atoms with Gasteiger partial charge in [-0.25, -0.2) is 0 Å². The molecular formula is C21H41N5O2. The zero-order valence-corrected chi connectivity index (χ0v) is 19.0. The first-order valence-corrected chi connectivity index (χ1v) is 10.7. The van der Waals surface area contributed by atoms with Gasteiger partial charge in [0.2, 0.25) is 5.91 Å². The van der Waals surface area contributed by atoms with Crippen LogP contribution in [0.25, 0.3) is 0 Å². The molecule has 1 amide bonds. The molecule has 162 valence electrons. The van der Waals surface area contributed by atoms with Crippen molar-refractivity contribution in [1.82, 2.24) is 20.4 Å². The van der Waals surface area contributed by atoms with Gasteiger partial charge >= 0.3 is 0 Å². The second-order valence-electron chi connectivity index (χ2n) is 9.44. The van der Waals surface area contributed by atoms with Gasteiger partial charge in [0.15, 0.2) is 5.96 Å². The standard InChI is InChI=1S/C21H41N5O2/c1-16-12-26(13-17(2)28-16)20(3,4)14-23-19(22-5)24-15-21(10-8-9-11-21)18(27)25(6)7/h16-17H,8-15H2,1-7H3,(H2,22,23,24). The zero-order valence-electron chi connectivity index (χ0n) is 19.0. The molecular weight excluding hydrogens is 354 g/mol. The second-order valence-corrected chi connectivity index (χ2v) is 9.44. The summed E-state index contributed by atoms with van der Waals surface area (Å²) in [6.45, 7) is 12.1. The van der Waals surface area contributed by atoms with Crippen LogP contribution in [0.4, 0.5) is 0 Å². The Bertz CT molecular complexity index is 545. The number of nitrogens with one attached hydrogen (secondary N) is 2. The number of hydrogen-bond donors (Lipinski definition) is 2. The highest BCUT2D eigenvalue weighted by Crippen LogP contribution is 2.38. The molecule has 0 spiro atoms. The second kappa shape index (κ2) is 9.44. The van der Waals surface area contributed by atoms with Crippen molar-refractivity contribution in [2.75, 3.05) is 47.3 Å². The third-order valence-electron chi connectivity index (χ3n) is 6.20. The third kappa shape index (κ3) is 5.60. The van der Waals surface area contributed by atoms with Crippen molar-refractivity contribution in [1.29, 1.82) is 0 Å². The molecule has 28 heavy (non-hydrogen) atoms. The van der Waals surface area contributed by atoms with Crippen molar-refractivity contribution in [3.8, 4) is 0 Å². The van der Waals surface area contributed by atoms with E-state index in [4.69, 9.17) is 4.74 Å². The van der Waals surface area contributed by atoms with E-state index >= 15 is 0 Å². The van der Waals surface area contributed by atoms with Crippen LogP contribution in [-0.4, -0.2) is 86.7 Å². The van der Waals surface area contributed by atoms with Crippen molar-refractivity contribution in [3.05, 3.63) is 0 Å². The minimum Gasteiger partial charge on any atom is -0.373 e. The van der Waals surface area contributed by atoms with Crippen molar-refractivity contribution in [3.63, 3.8) is 0 Å². The lowest BCUT2D eigenvalue weighted by molar-refractivity contribution is -0.138. The summed E-state index contributed by atoms with van der Waals surface area (Å²) in [4.78, 5) is 21.4. The summed E-state index contributed by atoms with van der Waals surface area (Å²) in [5, 5.41) is 6.91. The summed E-state index contributed by atoms with van der Waals surface area (Å²) in [7, 11) is 5.49. The fraction of sp³-hybridized carbons (Fsp3) is 0.905. The summed E-state index contributed by atoms with van der Waals surface area (Å²) in [5.74, 6) is 0.991. The molecule has 0 aromatic rings. The predicted molar refractivity (Wildman–Crippen MR) is 115 cm³/mol. The quantitative estimate of drug-likeness (QED) is 0.529. The number of carbonyl (C=O) groups excluding carboxylic acids is 1. The van der Waals surface area contributed by atoms with Gasteiger partial charge in [-0.15, -0.1) is 0 Å². The monoisotopic (exact) mass is 395 g/mol. The predicted octanol–water partition coefficient (Wildman–Crippen LogP) is 1.69. The van der Waals surface area contributed by atoms with Crippen molar-refractivity contribution >= 4 is 11.9 Å². The van der Waals surface area contributed by atoms with E-state index in [0.29, 0.717) is 6.54 Å². The van der Waals surface area contributed by atoms with Gasteiger partial charge in [-0.2, -0.15) is 0 Å². The molecule has 0 radical (unpaired) electrons. The van der Waals surface area contributed by atoms with Gasteiger partial charge in [0.1, 0.15) is 0 Å². The van der Waals surface area contributed by atoms with E-state index in [9.17, 15) is 4.79 Å². The number of guanidine groups is 1. The minimum atomic E-state index is -0.300. The molecule has 2 rings (SSSR count). The Labute approximate surface area is 171 Å². The molecule has 7 nitrogen and oxygen atoms in total. The van der Waals surface area contributed by atoms with Gasteiger partial charge in [0.05, 0.1) is 17.6 Å². The first kappa shape index (κ1) is 22.9. The van der Waals surface area contributed by atoms with Gasteiger partial charge in [0, 0.05) is 52.9 Å². The van der Waals surface area contributed by atoms with E-state index in [-0.39, 0.29) is 29.1 Å². The number of nitrogens with zero attached hydrogens (tertiary/aromatic N) is 3. The Kier molecular flexibility index (Phi) is 7.73. The molecule has 0 bridgehead atoms. The van der Waals surface area contributed by atoms with E-state index < -0.39 is 0 Å². The number of morpholine rings is 1. The Morgan fingerprint density at radius 3 is 2.25 bits per heavy atom. The summed E-state index contributed by atoms with van der Waals surface area (Å²) in [5.41, 5.74) is -0.319. The van der Waals surface area contributed by atoms with Crippen molar-refractivity contribution < 1.29 is 9.53 Å². The first-order valence-electron chi connectivity index (χ1n) is 10.7. The molecule has 2 unspecified atom stereocenters. The molecule has 1 saturated carbocycles. The smallest absolute Gasteiger partial charge is 0.230 e. The van der Waals surface area contributed by atoms with Gasteiger partial charge in [0.25, 0.3) is 0 Å². The Balaban J connectivity index is 1.92. The van der Waals surface area contributed by atoms with E-state index in [1.54, 1.807) is 11.9 Å². The highest BCUT2D eigenvalue weighted by Gasteiger charge is 2.42. The van der Waals surface area contributed by atoms with E-state index in [0.717, 1.165) is 51.3 Å². The normalized spacial score (nSPS) is 26.2. The highest BCUT2D eigenvalue weighted by molar-refractivity contribution is 5.85. The van der Waals surface area contributed by atoms with Crippen LogP contribution >= 0.6 is 0 Å². The Hall–Kier alpha value is -1.34. The van der Waals surface area contributed by atoms with Crippen molar-refractivity contribution in [2.24, 2.45) is 10.4 Å². The molecule has 2 aliphatic rings. The Morgan fingerprint density at radius 2 is 1.75 bits per heavy atom. The average molecular weight is 396 g/mol.